The Morgan fingerprint density at radius 1 is 1.18 bits per heavy atom. The van der Waals surface area contributed by atoms with E-state index in [2.05, 4.69) is 42.2 Å². The van der Waals surface area contributed by atoms with Crippen LogP contribution in [0.3, 0.4) is 0 Å². The van der Waals surface area contributed by atoms with Crippen LogP contribution in [0.2, 0.25) is 0 Å². The number of anilines is 1. The van der Waals surface area contributed by atoms with Crippen molar-refractivity contribution in [3.05, 3.63) is 77.2 Å². The van der Waals surface area contributed by atoms with Gasteiger partial charge in [-0.2, -0.15) is 0 Å². The summed E-state index contributed by atoms with van der Waals surface area (Å²) in [7, 11) is 0. The first kappa shape index (κ1) is 21.2. The van der Waals surface area contributed by atoms with E-state index in [1.54, 1.807) is 11.9 Å². The van der Waals surface area contributed by atoms with Crippen LogP contribution in [0.1, 0.15) is 12.1 Å². The van der Waals surface area contributed by atoms with Crippen molar-refractivity contribution >= 4 is 35.4 Å². The summed E-state index contributed by atoms with van der Waals surface area (Å²) in [5.74, 6) is 1.84. The van der Waals surface area contributed by atoms with E-state index in [4.69, 9.17) is 9.73 Å². The minimum atomic E-state index is -0.232. The van der Waals surface area contributed by atoms with Gasteiger partial charge >= 0.3 is 0 Å². The van der Waals surface area contributed by atoms with Crippen LogP contribution in [-0.2, 0) is 4.74 Å². The average Bonchev–Trinajstić information content (AvgIpc) is 3.45. The third kappa shape index (κ3) is 3.94. The number of hydrogen-bond acceptors (Lipinski definition) is 7. The van der Waals surface area contributed by atoms with Crippen molar-refractivity contribution in [1.82, 2.24) is 14.6 Å². The number of benzene rings is 1. The monoisotopic (exact) mass is 476 g/mol. The highest BCUT2D eigenvalue weighted by Crippen LogP contribution is 2.42. The minimum Gasteiger partial charge on any atom is -0.488 e. The minimum absolute atomic E-state index is 0.172. The van der Waals surface area contributed by atoms with Crippen LogP contribution in [0.5, 0.6) is 0 Å². The second-order valence-electron chi connectivity index (χ2n) is 8.69. The van der Waals surface area contributed by atoms with Crippen molar-refractivity contribution in [3.63, 3.8) is 0 Å². The van der Waals surface area contributed by atoms with Crippen molar-refractivity contribution < 1.29 is 9.13 Å². The first-order valence-electron chi connectivity index (χ1n) is 11.5. The number of fused-ring (bicyclic) bond motifs is 2. The summed E-state index contributed by atoms with van der Waals surface area (Å²) < 4.78 is 26.2. The Balaban J connectivity index is 1.28. The molecular formula is C25H25FN6OS. The number of hydrogen-bond donors (Lipinski definition) is 0. The molecule has 174 valence electrons. The maximum Gasteiger partial charge on any atom is 0.185 e. The number of aliphatic imine (C=N–C) groups is 1. The number of halogens is 1. The molecular weight excluding hydrogens is 451 g/mol. The second-order valence-corrected chi connectivity index (χ2v) is 9.52. The Morgan fingerprint density at radius 2 is 2.06 bits per heavy atom. The summed E-state index contributed by atoms with van der Waals surface area (Å²) in [5, 5.41) is 4.32. The van der Waals surface area contributed by atoms with Crippen molar-refractivity contribution in [1.29, 1.82) is 0 Å². The van der Waals surface area contributed by atoms with Crippen LogP contribution in [0.4, 0.5) is 10.1 Å². The molecule has 1 saturated heterocycles. The van der Waals surface area contributed by atoms with Gasteiger partial charge in [0.1, 0.15) is 12.4 Å². The van der Waals surface area contributed by atoms with Gasteiger partial charge in [0.15, 0.2) is 11.6 Å². The molecule has 0 N–H and O–H groups in total. The third-order valence-electron chi connectivity index (χ3n) is 6.38. The molecule has 1 aromatic heterocycles. The summed E-state index contributed by atoms with van der Waals surface area (Å²) in [6, 6.07) is 6.63. The lowest BCUT2D eigenvalue weighted by Crippen LogP contribution is -2.55. The van der Waals surface area contributed by atoms with E-state index in [1.807, 2.05) is 37.8 Å². The Kier molecular flexibility index (Phi) is 5.49. The summed E-state index contributed by atoms with van der Waals surface area (Å²) in [5.41, 5.74) is 3.07. The number of ether oxygens (including phenoxy) is 1. The number of rotatable bonds is 3. The molecule has 7 nitrogen and oxygen atoms in total. The van der Waals surface area contributed by atoms with Crippen LogP contribution in [0, 0.1) is 24.6 Å². The fourth-order valence-corrected chi connectivity index (χ4v) is 5.64. The number of hydrazine groups is 1. The molecule has 0 amide bonds. The number of amidine groups is 1. The Hall–Kier alpha value is -3.33. The van der Waals surface area contributed by atoms with Gasteiger partial charge in [0.25, 0.3) is 0 Å². The SMILES string of the molecule is Cc1cn(C2=C3SN=CC3CC(/C=C3\OCCN4C3=NCCN4c3ccc(F)cc3)C=C2)cn1. The van der Waals surface area contributed by atoms with Crippen molar-refractivity contribution in [3.8, 4) is 0 Å². The number of morpholine rings is 1. The van der Waals surface area contributed by atoms with Crippen LogP contribution in [0.15, 0.2) is 75.1 Å². The molecule has 34 heavy (non-hydrogen) atoms. The lowest BCUT2D eigenvalue weighted by atomic mass is 9.95. The van der Waals surface area contributed by atoms with Crippen LogP contribution in [0.25, 0.3) is 5.70 Å². The van der Waals surface area contributed by atoms with Gasteiger partial charge in [0.2, 0.25) is 0 Å². The topological polar surface area (TPSA) is 58.2 Å². The fraction of sp³-hybridized carbons (Fsp3) is 0.320. The van der Waals surface area contributed by atoms with Crippen molar-refractivity contribution in [2.24, 2.45) is 21.2 Å². The van der Waals surface area contributed by atoms with Gasteiger partial charge in [-0.1, -0.05) is 6.08 Å². The Labute approximate surface area is 202 Å². The molecule has 0 spiro atoms. The Bertz CT molecular complexity index is 1240. The summed E-state index contributed by atoms with van der Waals surface area (Å²) in [6.07, 6.45) is 13.5. The first-order chi connectivity index (χ1) is 16.7. The zero-order chi connectivity index (χ0) is 23.1. The van der Waals surface area contributed by atoms with Crippen molar-refractivity contribution in [2.75, 3.05) is 31.3 Å². The lowest BCUT2D eigenvalue weighted by Gasteiger charge is -2.44. The smallest absolute Gasteiger partial charge is 0.185 e. The zero-order valence-corrected chi connectivity index (χ0v) is 19.7. The van der Waals surface area contributed by atoms with E-state index in [9.17, 15) is 4.39 Å². The normalized spacial score (nSPS) is 25.2. The van der Waals surface area contributed by atoms with Gasteiger partial charge in [-0.3, -0.25) is 15.0 Å². The van der Waals surface area contributed by atoms with Gasteiger partial charge in [0.05, 0.1) is 43.0 Å². The second kappa shape index (κ2) is 8.79. The van der Waals surface area contributed by atoms with Gasteiger partial charge < -0.3 is 9.30 Å². The maximum absolute atomic E-state index is 13.5. The quantitative estimate of drug-likeness (QED) is 0.612. The number of imidazole rings is 1. The van der Waals surface area contributed by atoms with E-state index >= 15 is 0 Å². The van der Waals surface area contributed by atoms with E-state index in [0.717, 1.165) is 41.6 Å². The molecule has 6 rings (SSSR count). The van der Waals surface area contributed by atoms with Crippen LogP contribution in [-0.4, -0.2) is 52.9 Å². The molecule has 4 aliphatic rings. The molecule has 1 aromatic carbocycles. The van der Waals surface area contributed by atoms with E-state index in [0.29, 0.717) is 19.7 Å². The molecule has 0 saturated carbocycles. The molecule has 9 heteroatoms. The lowest BCUT2D eigenvalue weighted by molar-refractivity contribution is 0.157. The van der Waals surface area contributed by atoms with Gasteiger partial charge in [-0.15, -0.1) is 0 Å². The highest BCUT2D eigenvalue weighted by Gasteiger charge is 2.32. The predicted molar refractivity (Wildman–Crippen MR) is 134 cm³/mol. The van der Waals surface area contributed by atoms with E-state index < -0.39 is 0 Å². The van der Waals surface area contributed by atoms with Gasteiger partial charge in [0, 0.05) is 41.1 Å². The molecule has 2 atom stereocenters. The molecule has 3 aliphatic heterocycles. The molecule has 2 aromatic rings. The van der Waals surface area contributed by atoms with Gasteiger partial charge in [-0.25, -0.2) is 13.8 Å². The summed E-state index contributed by atoms with van der Waals surface area (Å²) >= 11 is 1.55. The Morgan fingerprint density at radius 3 is 2.88 bits per heavy atom. The van der Waals surface area contributed by atoms with Gasteiger partial charge in [-0.05, 0) is 49.8 Å². The average molecular weight is 477 g/mol. The van der Waals surface area contributed by atoms with Crippen molar-refractivity contribution in [2.45, 2.75) is 13.3 Å². The highest BCUT2D eigenvalue weighted by molar-refractivity contribution is 8.02. The predicted octanol–water partition coefficient (Wildman–Crippen LogP) is 4.47. The highest BCUT2D eigenvalue weighted by atomic mass is 32.2. The number of aromatic nitrogens is 2. The maximum atomic E-state index is 13.5. The standard InChI is InChI=1S/C25H25FN6OS/c1-17-15-30(16-28-17)22-7-2-18(12-19-14-29-34-24(19)22)13-23-25-27-8-9-31(32(25)10-11-33-23)21-5-3-20(26)4-6-21/h2-7,13-16,18-19H,8-12H2,1H3/b23-13-. The number of nitrogens with zero attached hydrogens (tertiary/aromatic N) is 6. The molecule has 1 fully saturated rings. The first-order valence-corrected chi connectivity index (χ1v) is 12.3. The number of aryl methyl sites for hydroxylation is 1. The van der Waals surface area contributed by atoms with E-state index in [-0.39, 0.29) is 17.7 Å². The van der Waals surface area contributed by atoms with Crippen LogP contribution < -0.4 is 5.01 Å². The largest absolute Gasteiger partial charge is 0.488 e. The third-order valence-corrected chi connectivity index (χ3v) is 7.31. The number of allylic oxidation sites excluding steroid dienone is 5. The molecule has 2 unspecified atom stereocenters. The zero-order valence-electron chi connectivity index (χ0n) is 18.8. The van der Waals surface area contributed by atoms with Crippen LogP contribution >= 0.6 is 11.9 Å². The molecule has 1 aliphatic carbocycles. The summed E-state index contributed by atoms with van der Waals surface area (Å²) in [6.45, 7) is 4.69. The van der Waals surface area contributed by atoms with E-state index in [1.165, 1.54) is 17.0 Å². The molecule has 0 radical (unpaired) electrons. The molecule has 0 bridgehead atoms. The summed E-state index contributed by atoms with van der Waals surface area (Å²) in [4.78, 5) is 10.4. The fourth-order valence-electron chi connectivity index (χ4n) is 4.76. The molecule has 4 heterocycles.